The molecule has 9 heteroatoms. The number of fused-ring (bicyclic) bond motifs is 1. The minimum absolute atomic E-state index is 0.213. The average molecular weight is 513 g/mol. The Labute approximate surface area is 224 Å². The molecule has 0 atom stereocenters. The number of aromatic nitrogens is 2. The number of pyridine rings is 2. The van der Waals surface area contributed by atoms with E-state index in [1.165, 1.54) is 0 Å². The monoisotopic (exact) mass is 512 g/mol. The minimum Gasteiger partial charge on any atom is -0.356 e. The van der Waals surface area contributed by atoms with Gasteiger partial charge in [-0.25, -0.2) is 15.0 Å². The van der Waals surface area contributed by atoms with Crippen LogP contribution >= 0.6 is 0 Å². The molecule has 0 unspecified atom stereocenters. The Morgan fingerprint density at radius 3 is 2.53 bits per heavy atom. The zero-order valence-electron chi connectivity index (χ0n) is 22.7. The number of hydrogen-bond donors (Lipinski definition) is 1. The second-order valence-electron chi connectivity index (χ2n) is 9.32. The van der Waals surface area contributed by atoms with Crippen LogP contribution < -0.4 is 10.2 Å². The smallest absolute Gasteiger partial charge is 0.257 e. The first-order chi connectivity index (χ1) is 18.4. The largest absolute Gasteiger partial charge is 0.356 e. The number of hydrogen-bond acceptors (Lipinski definition) is 8. The molecule has 38 heavy (non-hydrogen) atoms. The van der Waals surface area contributed by atoms with E-state index in [9.17, 15) is 4.79 Å². The molecule has 1 amide bonds. The predicted octanol–water partition coefficient (Wildman–Crippen LogP) is 4.28. The van der Waals surface area contributed by atoms with Gasteiger partial charge in [0.15, 0.2) is 0 Å². The van der Waals surface area contributed by atoms with Gasteiger partial charge in [0, 0.05) is 68.3 Å². The third-order valence-corrected chi connectivity index (χ3v) is 6.79. The minimum atomic E-state index is -0.213. The van der Waals surface area contributed by atoms with Crippen LogP contribution in [0.25, 0.3) is 10.8 Å². The van der Waals surface area contributed by atoms with Crippen molar-refractivity contribution in [1.29, 1.82) is 0 Å². The summed E-state index contributed by atoms with van der Waals surface area (Å²) in [5.41, 5.74) is 2.40. The first-order valence-electron chi connectivity index (χ1n) is 13.0. The SMILES string of the molecule is C=N/C=C(\N=C(/C)c1ccc2cnc(NC(=O)c3ccnc(N4CCN(C)CC4)c3)cc2c1)N(CC)CC. The van der Waals surface area contributed by atoms with E-state index in [1.807, 2.05) is 31.2 Å². The molecule has 4 rings (SSSR count). The number of nitrogens with zero attached hydrogens (tertiary/aromatic N) is 7. The molecule has 0 saturated carbocycles. The van der Waals surface area contributed by atoms with Crippen molar-refractivity contribution in [2.75, 3.05) is 56.5 Å². The number of carbonyl (C=O) groups excluding carboxylic acids is 1. The van der Waals surface area contributed by atoms with Gasteiger partial charge in [-0.2, -0.15) is 0 Å². The second-order valence-corrected chi connectivity index (χ2v) is 9.32. The number of aliphatic imine (C=N–C) groups is 2. The predicted molar refractivity (Wildman–Crippen MR) is 156 cm³/mol. The third kappa shape index (κ3) is 6.41. The van der Waals surface area contributed by atoms with E-state index in [0.717, 1.165) is 73.0 Å². The Balaban J connectivity index is 1.54. The van der Waals surface area contributed by atoms with Gasteiger partial charge in [0.25, 0.3) is 5.91 Å². The van der Waals surface area contributed by atoms with Crippen molar-refractivity contribution in [3.63, 3.8) is 0 Å². The summed E-state index contributed by atoms with van der Waals surface area (Å²) in [6.07, 6.45) is 5.14. The Morgan fingerprint density at radius 1 is 1.05 bits per heavy atom. The van der Waals surface area contributed by atoms with Gasteiger partial charge in [-0.05, 0) is 69.8 Å². The van der Waals surface area contributed by atoms with Crippen molar-refractivity contribution in [2.45, 2.75) is 20.8 Å². The van der Waals surface area contributed by atoms with Crippen LogP contribution in [0.5, 0.6) is 0 Å². The van der Waals surface area contributed by atoms with Gasteiger partial charge in [-0.15, -0.1) is 0 Å². The van der Waals surface area contributed by atoms with Gasteiger partial charge in [-0.1, -0.05) is 12.1 Å². The second kappa shape index (κ2) is 12.4. The van der Waals surface area contributed by atoms with Gasteiger partial charge < -0.3 is 20.0 Å². The molecule has 2 aromatic heterocycles. The number of likely N-dealkylation sites (N-methyl/N-ethyl adjacent to an activating group) is 1. The molecular weight excluding hydrogens is 476 g/mol. The highest BCUT2D eigenvalue weighted by Gasteiger charge is 2.17. The van der Waals surface area contributed by atoms with Crippen molar-refractivity contribution in [1.82, 2.24) is 19.8 Å². The lowest BCUT2D eigenvalue weighted by Crippen LogP contribution is -2.44. The molecule has 9 nitrogen and oxygen atoms in total. The van der Waals surface area contributed by atoms with Gasteiger partial charge in [-0.3, -0.25) is 9.79 Å². The molecule has 1 fully saturated rings. The standard InChI is InChI=1S/C29H36N8O/c1-6-36(7-2)28(20-30-4)33-21(3)22-8-9-24-19-32-26(17-25(24)16-22)34-29(38)23-10-11-31-27(18-23)37-14-12-35(5)13-15-37/h8-11,16-20H,4,6-7,12-15H2,1-3,5H3,(H,32,34,38)/b28-20+,33-21+. The van der Waals surface area contributed by atoms with Gasteiger partial charge in [0.2, 0.25) is 0 Å². The molecule has 1 saturated heterocycles. The quantitative estimate of drug-likeness (QED) is 0.431. The molecule has 0 radical (unpaired) electrons. The molecular formula is C29H36N8O. The van der Waals surface area contributed by atoms with Crippen LogP contribution in [-0.2, 0) is 0 Å². The van der Waals surface area contributed by atoms with Crippen molar-refractivity contribution in [3.05, 3.63) is 71.9 Å². The van der Waals surface area contributed by atoms with Crippen LogP contribution in [0.15, 0.2) is 70.8 Å². The molecule has 0 spiro atoms. The Kier molecular flexibility index (Phi) is 8.81. The van der Waals surface area contributed by atoms with E-state index in [2.05, 4.69) is 68.7 Å². The highest BCUT2D eigenvalue weighted by atomic mass is 16.1. The van der Waals surface area contributed by atoms with Gasteiger partial charge >= 0.3 is 0 Å². The molecule has 1 aliphatic rings. The average Bonchev–Trinajstić information content (AvgIpc) is 2.94. The van der Waals surface area contributed by atoms with Crippen LogP contribution in [0.2, 0.25) is 0 Å². The lowest BCUT2D eigenvalue weighted by Gasteiger charge is -2.33. The summed E-state index contributed by atoms with van der Waals surface area (Å²) in [6, 6.07) is 11.6. The van der Waals surface area contributed by atoms with Crippen LogP contribution in [0.3, 0.4) is 0 Å². The highest BCUT2D eigenvalue weighted by Crippen LogP contribution is 2.21. The summed E-state index contributed by atoms with van der Waals surface area (Å²) in [4.78, 5) is 37.4. The summed E-state index contributed by atoms with van der Waals surface area (Å²) < 4.78 is 0. The van der Waals surface area contributed by atoms with E-state index >= 15 is 0 Å². The fraction of sp³-hybridized carbons (Fsp3) is 0.345. The number of nitrogens with one attached hydrogen (secondary N) is 1. The number of amides is 1. The van der Waals surface area contributed by atoms with E-state index < -0.39 is 0 Å². The summed E-state index contributed by atoms with van der Waals surface area (Å²) in [5, 5.41) is 4.89. The lowest BCUT2D eigenvalue weighted by atomic mass is 10.1. The van der Waals surface area contributed by atoms with Crippen molar-refractivity contribution in [3.8, 4) is 0 Å². The van der Waals surface area contributed by atoms with E-state index in [4.69, 9.17) is 4.99 Å². The van der Waals surface area contributed by atoms with Gasteiger partial charge in [0.05, 0.1) is 6.20 Å². The summed E-state index contributed by atoms with van der Waals surface area (Å²) in [5.74, 6) is 1.88. The summed E-state index contributed by atoms with van der Waals surface area (Å²) in [6.45, 7) is 15.1. The topological polar surface area (TPSA) is 89.3 Å². The number of benzene rings is 1. The Hall–Kier alpha value is -4.11. The lowest BCUT2D eigenvalue weighted by molar-refractivity contribution is 0.102. The molecule has 0 aliphatic carbocycles. The molecule has 1 N–H and O–H groups in total. The number of carbonyl (C=O) groups is 1. The molecule has 0 bridgehead atoms. The van der Waals surface area contributed by atoms with Crippen LogP contribution in [0, 0.1) is 0 Å². The van der Waals surface area contributed by atoms with E-state index in [1.54, 1.807) is 24.7 Å². The fourth-order valence-corrected chi connectivity index (χ4v) is 4.44. The number of rotatable bonds is 9. The molecule has 3 aromatic rings. The van der Waals surface area contributed by atoms with Crippen LogP contribution in [-0.4, -0.2) is 84.4 Å². The maximum absolute atomic E-state index is 13.1. The molecule has 198 valence electrons. The Bertz CT molecular complexity index is 1350. The first kappa shape index (κ1) is 26.9. The zero-order chi connectivity index (χ0) is 27.1. The molecule has 3 heterocycles. The maximum atomic E-state index is 13.1. The van der Waals surface area contributed by atoms with E-state index in [0.29, 0.717) is 11.4 Å². The molecule has 1 aromatic carbocycles. The van der Waals surface area contributed by atoms with Crippen molar-refractivity contribution >= 4 is 40.7 Å². The first-order valence-corrected chi connectivity index (χ1v) is 13.0. The van der Waals surface area contributed by atoms with E-state index in [-0.39, 0.29) is 5.91 Å². The zero-order valence-corrected chi connectivity index (χ0v) is 22.7. The van der Waals surface area contributed by atoms with Crippen molar-refractivity contribution < 1.29 is 4.79 Å². The molecule has 1 aliphatic heterocycles. The van der Waals surface area contributed by atoms with Crippen LogP contribution in [0.1, 0.15) is 36.7 Å². The number of anilines is 2. The maximum Gasteiger partial charge on any atom is 0.257 e. The third-order valence-electron chi connectivity index (χ3n) is 6.79. The Morgan fingerprint density at radius 2 is 1.82 bits per heavy atom. The summed E-state index contributed by atoms with van der Waals surface area (Å²) >= 11 is 0. The van der Waals surface area contributed by atoms with Crippen molar-refractivity contribution in [2.24, 2.45) is 9.98 Å². The highest BCUT2D eigenvalue weighted by molar-refractivity contribution is 6.06. The van der Waals surface area contributed by atoms with Gasteiger partial charge in [0.1, 0.15) is 17.5 Å². The normalized spacial score (nSPS) is 15.0. The van der Waals surface area contributed by atoms with Crippen LogP contribution in [0.4, 0.5) is 11.6 Å². The number of piperazine rings is 1. The summed E-state index contributed by atoms with van der Waals surface area (Å²) in [7, 11) is 2.11. The fourth-order valence-electron chi connectivity index (χ4n) is 4.44.